The van der Waals surface area contributed by atoms with Crippen LogP contribution >= 0.6 is 0 Å². The normalized spacial score (nSPS) is 11.5. The summed E-state index contributed by atoms with van der Waals surface area (Å²) in [5.74, 6) is 0. The Balaban J connectivity index is 1.85. The second kappa shape index (κ2) is 7.54. The SMILES string of the molecule is Nc1ccc(CNC(=O)N/C=C/c2cccc(C(F)(F)F)c2)cc1. The maximum atomic E-state index is 12.6. The highest BCUT2D eigenvalue weighted by atomic mass is 19.4. The zero-order valence-electron chi connectivity index (χ0n) is 12.6. The Bertz CT molecular complexity index is 725. The minimum atomic E-state index is -4.40. The first-order valence-corrected chi connectivity index (χ1v) is 7.07. The van der Waals surface area contributed by atoms with Crippen molar-refractivity contribution >= 4 is 17.8 Å². The number of hydrogen-bond acceptors (Lipinski definition) is 2. The second-order valence-corrected chi connectivity index (χ2v) is 5.03. The summed E-state index contributed by atoms with van der Waals surface area (Å²) < 4.78 is 37.8. The molecule has 0 aliphatic heterocycles. The summed E-state index contributed by atoms with van der Waals surface area (Å²) in [6.45, 7) is 0.309. The number of carbonyl (C=O) groups is 1. The third-order valence-corrected chi connectivity index (χ3v) is 3.14. The van der Waals surface area contributed by atoms with E-state index in [2.05, 4.69) is 10.6 Å². The molecular formula is C17H16F3N3O. The molecule has 0 saturated carbocycles. The molecule has 4 nitrogen and oxygen atoms in total. The summed E-state index contributed by atoms with van der Waals surface area (Å²) in [6, 6.07) is 11.4. The van der Waals surface area contributed by atoms with E-state index in [1.807, 2.05) is 0 Å². The van der Waals surface area contributed by atoms with Crippen LogP contribution in [0.25, 0.3) is 6.08 Å². The average molecular weight is 335 g/mol. The van der Waals surface area contributed by atoms with Gasteiger partial charge in [0.2, 0.25) is 0 Å². The van der Waals surface area contributed by atoms with E-state index in [0.29, 0.717) is 17.8 Å². The van der Waals surface area contributed by atoms with E-state index in [1.54, 1.807) is 24.3 Å². The molecule has 0 aliphatic carbocycles. The van der Waals surface area contributed by atoms with Crippen LogP contribution in [0.3, 0.4) is 0 Å². The number of amides is 2. The molecule has 0 radical (unpaired) electrons. The summed E-state index contributed by atoms with van der Waals surface area (Å²) in [7, 11) is 0. The standard InChI is InChI=1S/C17H16F3N3O/c18-17(19,20)14-3-1-2-12(10-14)8-9-22-16(24)23-11-13-4-6-15(21)7-5-13/h1-10H,11,21H2,(H2,22,23,24)/b9-8+. The van der Waals surface area contributed by atoms with Gasteiger partial charge in [-0.15, -0.1) is 0 Å². The van der Waals surface area contributed by atoms with E-state index < -0.39 is 17.8 Å². The lowest BCUT2D eigenvalue weighted by Gasteiger charge is -2.07. The molecule has 0 aliphatic rings. The maximum absolute atomic E-state index is 12.6. The van der Waals surface area contributed by atoms with E-state index in [-0.39, 0.29) is 0 Å². The van der Waals surface area contributed by atoms with Crippen LogP contribution < -0.4 is 16.4 Å². The van der Waals surface area contributed by atoms with Gasteiger partial charge in [0.15, 0.2) is 0 Å². The highest BCUT2D eigenvalue weighted by Crippen LogP contribution is 2.29. The average Bonchev–Trinajstić information content (AvgIpc) is 2.54. The number of rotatable bonds is 4. The predicted molar refractivity (Wildman–Crippen MR) is 86.7 cm³/mol. The van der Waals surface area contributed by atoms with Gasteiger partial charge < -0.3 is 16.4 Å². The Hall–Kier alpha value is -2.96. The van der Waals surface area contributed by atoms with Gasteiger partial charge >= 0.3 is 12.2 Å². The van der Waals surface area contributed by atoms with Crippen molar-refractivity contribution in [3.05, 3.63) is 71.4 Å². The summed E-state index contributed by atoms with van der Waals surface area (Å²) >= 11 is 0. The molecular weight excluding hydrogens is 319 g/mol. The van der Waals surface area contributed by atoms with Crippen LogP contribution in [0.5, 0.6) is 0 Å². The Labute approximate surface area is 137 Å². The van der Waals surface area contributed by atoms with E-state index >= 15 is 0 Å². The van der Waals surface area contributed by atoms with Crippen LogP contribution in [0.2, 0.25) is 0 Å². The van der Waals surface area contributed by atoms with Crippen LogP contribution in [-0.4, -0.2) is 6.03 Å². The highest BCUT2D eigenvalue weighted by molar-refractivity contribution is 5.75. The zero-order valence-corrected chi connectivity index (χ0v) is 12.6. The fourth-order valence-corrected chi connectivity index (χ4v) is 1.90. The van der Waals surface area contributed by atoms with Crippen molar-refractivity contribution in [2.75, 3.05) is 5.73 Å². The minimum absolute atomic E-state index is 0.309. The van der Waals surface area contributed by atoms with Gasteiger partial charge in [0, 0.05) is 18.4 Å². The van der Waals surface area contributed by atoms with Gasteiger partial charge in [-0.05, 0) is 41.5 Å². The number of nitrogens with one attached hydrogen (secondary N) is 2. The number of urea groups is 1. The summed E-state index contributed by atoms with van der Waals surface area (Å²) in [4.78, 5) is 11.6. The summed E-state index contributed by atoms with van der Waals surface area (Å²) in [5.41, 5.74) is 6.67. The monoisotopic (exact) mass is 335 g/mol. The van der Waals surface area contributed by atoms with Crippen molar-refractivity contribution in [1.29, 1.82) is 0 Å². The van der Waals surface area contributed by atoms with Gasteiger partial charge in [0.1, 0.15) is 0 Å². The van der Waals surface area contributed by atoms with E-state index in [0.717, 1.165) is 17.7 Å². The molecule has 7 heteroatoms. The van der Waals surface area contributed by atoms with Crippen LogP contribution in [0.4, 0.5) is 23.7 Å². The number of hydrogen-bond donors (Lipinski definition) is 3. The molecule has 0 spiro atoms. The smallest absolute Gasteiger partial charge is 0.399 e. The molecule has 0 unspecified atom stereocenters. The fraction of sp³-hybridized carbons (Fsp3) is 0.118. The number of carbonyl (C=O) groups excluding carboxylic acids is 1. The molecule has 0 fully saturated rings. The van der Waals surface area contributed by atoms with Crippen molar-refractivity contribution in [3.8, 4) is 0 Å². The van der Waals surface area contributed by atoms with Crippen molar-refractivity contribution in [2.24, 2.45) is 0 Å². The van der Waals surface area contributed by atoms with Crippen molar-refractivity contribution in [2.45, 2.75) is 12.7 Å². The van der Waals surface area contributed by atoms with Gasteiger partial charge in [-0.3, -0.25) is 0 Å². The number of halogens is 3. The molecule has 0 saturated heterocycles. The number of alkyl halides is 3. The number of benzene rings is 2. The lowest BCUT2D eigenvalue weighted by atomic mass is 10.1. The van der Waals surface area contributed by atoms with Crippen molar-refractivity contribution in [3.63, 3.8) is 0 Å². The highest BCUT2D eigenvalue weighted by Gasteiger charge is 2.30. The zero-order chi connectivity index (χ0) is 17.6. The van der Waals surface area contributed by atoms with Crippen molar-refractivity contribution < 1.29 is 18.0 Å². The lowest BCUT2D eigenvalue weighted by Crippen LogP contribution is -2.31. The third kappa shape index (κ3) is 5.35. The largest absolute Gasteiger partial charge is 0.416 e. The van der Waals surface area contributed by atoms with Crippen LogP contribution in [0, 0.1) is 0 Å². The molecule has 2 aromatic carbocycles. The molecule has 2 aromatic rings. The van der Waals surface area contributed by atoms with Gasteiger partial charge in [-0.1, -0.05) is 24.3 Å². The van der Waals surface area contributed by atoms with Crippen molar-refractivity contribution in [1.82, 2.24) is 10.6 Å². The maximum Gasteiger partial charge on any atom is 0.416 e. The van der Waals surface area contributed by atoms with Crippen LogP contribution in [0.15, 0.2) is 54.7 Å². The molecule has 2 rings (SSSR count). The molecule has 0 aromatic heterocycles. The predicted octanol–water partition coefficient (Wildman–Crippen LogP) is 3.76. The fourth-order valence-electron chi connectivity index (χ4n) is 1.90. The number of nitrogens with two attached hydrogens (primary N) is 1. The van der Waals surface area contributed by atoms with Gasteiger partial charge in [-0.2, -0.15) is 13.2 Å². The topological polar surface area (TPSA) is 67.1 Å². The van der Waals surface area contributed by atoms with Crippen LogP contribution in [-0.2, 0) is 12.7 Å². The number of nitrogen functional groups attached to an aromatic ring is 1. The summed E-state index contributed by atoms with van der Waals surface area (Å²) in [6.07, 6.45) is -1.72. The molecule has 0 bridgehead atoms. The first-order valence-electron chi connectivity index (χ1n) is 7.07. The third-order valence-electron chi connectivity index (χ3n) is 3.14. The molecule has 0 heterocycles. The Morgan fingerprint density at radius 3 is 2.50 bits per heavy atom. The van der Waals surface area contributed by atoms with Gasteiger partial charge in [0.05, 0.1) is 5.56 Å². The Morgan fingerprint density at radius 1 is 1.12 bits per heavy atom. The van der Waals surface area contributed by atoms with Gasteiger partial charge in [-0.25, -0.2) is 4.79 Å². The van der Waals surface area contributed by atoms with E-state index in [4.69, 9.17) is 5.73 Å². The molecule has 24 heavy (non-hydrogen) atoms. The van der Waals surface area contributed by atoms with Crippen LogP contribution in [0.1, 0.15) is 16.7 Å². The molecule has 4 N–H and O–H groups in total. The molecule has 2 amide bonds. The quantitative estimate of drug-likeness (QED) is 0.745. The first-order chi connectivity index (χ1) is 11.3. The molecule has 0 atom stereocenters. The minimum Gasteiger partial charge on any atom is -0.399 e. The van der Waals surface area contributed by atoms with E-state index in [9.17, 15) is 18.0 Å². The second-order valence-electron chi connectivity index (χ2n) is 5.03. The Kier molecular flexibility index (Phi) is 5.47. The Morgan fingerprint density at radius 2 is 1.83 bits per heavy atom. The van der Waals surface area contributed by atoms with Gasteiger partial charge in [0.25, 0.3) is 0 Å². The molecule has 126 valence electrons. The number of anilines is 1. The first kappa shape index (κ1) is 17.4. The summed E-state index contributed by atoms with van der Waals surface area (Å²) in [5, 5.41) is 5.05. The lowest BCUT2D eigenvalue weighted by molar-refractivity contribution is -0.137. The van der Waals surface area contributed by atoms with E-state index in [1.165, 1.54) is 24.4 Å².